The van der Waals surface area contributed by atoms with Crippen LogP contribution in [0.2, 0.25) is 0 Å². The molecule has 0 amide bonds. The van der Waals surface area contributed by atoms with E-state index in [1.807, 2.05) is 0 Å². The molecule has 0 heterocycles. The van der Waals surface area contributed by atoms with Crippen LogP contribution in [0, 0.1) is 0 Å². The fourth-order valence-corrected chi connectivity index (χ4v) is 2.88. The second-order valence-electron chi connectivity index (χ2n) is 4.87. The maximum absolute atomic E-state index is 5.60. The topological polar surface area (TPSA) is 18.5 Å². The van der Waals surface area contributed by atoms with Gasteiger partial charge in [0.05, 0.1) is 13.2 Å². The van der Waals surface area contributed by atoms with Gasteiger partial charge < -0.3 is 9.47 Å². The number of benzene rings is 2. The maximum atomic E-state index is 5.60. The molecule has 2 aromatic carbocycles. The fraction of sp³-hybridized carbons (Fsp3) is 0.333. The normalized spacial score (nSPS) is 10.4. The third-order valence-electron chi connectivity index (χ3n) is 2.94. The number of hydrogen-bond donors (Lipinski definition) is 0. The molecule has 0 aliphatic heterocycles. The van der Waals surface area contributed by atoms with Crippen molar-refractivity contribution in [3.8, 4) is 11.5 Å². The molecular formula is C18H22O2Si. The molecule has 2 nitrogen and oxygen atoms in total. The summed E-state index contributed by atoms with van der Waals surface area (Å²) in [7, 11) is 0.663. The van der Waals surface area contributed by atoms with Crippen LogP contribution in [0.4, 0.5) is 0 Å². The van der Waals surface area contributed by atoms with E-state index in [2.05, 4.69) is 62.4 Å². The van der Waals surface area contributed by atoms with Crippen LogP contribution in [0.1, 0.15) is 26.7 Å². The lowest BCUT2D eigenvalue weighted by Crippen LogP contribution is -2.26. The number of rotatable bonds is 8. The van der Waals surface area contributed by atoms with Crippen molar-refractivity contribution in [2.75, 3.05) is 13.2 Å². The second kappa shape index (κ2) is 8.52. The van der Waals surface area contributed by atoms with Crippen molar-refractivity contribution in [1.29, 1.82) is 0 Å². The average molecular weight is 298 g/mol. The lowest BCUT2D eigenvalue weighted by Gasteiger charge is -2.07. The Morgan fingerprint density at radius 2 is 1.05 bits per heavy atom. The summed E-state index contributed by atoms with van der Waals surface area (Å²) < 4.78 is 11.2. The lowest BCUT2D eigenvalue weighted by atomic mass is 10.3. The first kappa shape index (κ1) is 15.6. The fourth-order valence-electron chi connectivity index (χ4n) is 1.88. The minimum atomic E-state index is 0.663. The monoisotopic (exact) mass is 298 g/mol. The molecule has 3 heteroatoms. The van der Waals surface area contributed by atoms with E-state index in [9.17, 15) is 0 Å². The van der Waals surface area contributed by atoms with E-state index in [1.165, 1.54) is 10.4 Å². The summed E-state index contributed by atoms with van der Waals surface area (Å²) in [4.78, 5) is 0. The van der Waals surface area contributed by atoms with Gasteiger partial charge in [0.15, 0.2) is 0 Å². The zero-order valence-electron chi connectivity index (χ0n) is 12.8. The third-order valence-corrected chi connectivity index (χ3v) is 4.19. The summed E-state index contributed by atoms with van der Waals surface area (Å²) >= 11 is 0. The van der Waals surface area contributed by atoms with E-state index in [-0.39, 0.29) is 0 Å². The molecule has 0 unspecified atom stereocenters. The summed E-state index contributed by atoms with van der Waals surface area (Å²) in [6, 6.07) is 16.8. The Balaban J connectivity index is 1.91. The van der Waals surface area contributed by atoms with Crippen LogP contribution in [0.5, 0.6) is 11.5 Å². The van der Waals surface area contributed by atoms with E-state index in [0.717, 1.165) is 37.6 Å². The molecule has 0 aliphatic rings. The molecule has 2 aromatic rings. The molecule has 2 radical (unpaired) electrons. The highest BCUT2D eigenvalue weighted by atomic mass is 28.2. The molecule has 21 heavy (non-hydrogen) atoms. The van der Waals surface area contributed by atoms with Gasteiger partial charge in [0.25, 0.3) is 0 Å². The first-order valence-corrected chi connectivity index (χ1v) is 8.54. The molecule has 0 saturated heterocycles. The van der Waals surface area contributed by atoms with Gasteiger partial charge in [-0.1, -0.05) is 48.5 Å². The Hall–Kier alpha value is -1.74. The Bertz CT molecular complexity index is 470. The van der Waals surface area contributed by atoms with Gasteiger partial charge in [-0.25, -0.2) is 0 Å². The number of ether oxygens (including phenoxy) is 2. The van der Waals surface area contributed by atoms with Crippen LogP contribution in [0.3, 0.4) is 0 Å². The zero-order valence-corrected chi connectivity index (χ0v) is 13.8. The minimum Gasteiger partial charge on any atom is -0.494 e. The first-order chi connectivity index (χ1) is 10.3. The van der Waals surface area contributed by atoms with E-state index < -0.39 is 0 Å². The Morgan fingerprint density at radius 3 is 1.38 bits per heavy atom. The van der Waals surface area contributed by atoms with Crippen LogP contribution in [0.25, 0.3) is 0 Å². The summed E-state index contributed by atoms with van der Waals surface area (Å²) in [5, 5.41) is 2.64. The van der Waals surface area contributed by atoms with Crippen molar-refractivity contribution in [3.05, 3.63) is 48.5 Å². The summed E-state index contributed by atoms with van der Waals surface area (Å²) in [6.45, 7) is 5.79. The summed E-state index contributed by atoms with van der Waals surface area (Å²) in [5.41, 5.74) is 0. The van der Waals surface area contributed by atoms with E-state index in [0.29, 0.717) is 9.52 Å². The third kappa shape index (κ3) is 5.27. The number of hydrogen-bond acceptors (Lipinski definition) is 2. The smallest absolute Gasteiger partial charge is 0.121 e. The molecule has 0 fully saturated rings. The van der Waals surface area contributed by atoms with Gasteiger partial charge in [-0.3, -0.25) is 0 Å². The summed E-state index contributed by atoms with van der Waals surface area (Å²) in [6.07, 6.45) is 2.08. The highest BCUT2D eigenvalue weighted by Crippen LogP contribution is 2.09. The van der Waals surface area contributed by atoms with Crippen LogP contribution >= 0.6 is 0 Å². The lowest BCUT2D eigenvalue weighted by molar-refractivity contribution is 0.317. The van der Waals surface area contributed by atoms with Gasteiger partial charge in [-0.15, -0.1) is 0 Å². The van der Waals surface area contributed by atoms with Gasteiger partial charge in [0, 0.05) is 0 Å². The molecule has 0 N–H and O–H groups in total. The van der Waals surface area contributed by atoms with Gasteiger partial charge in [0.2, 0.25) is 0 Å². The van der Waals surface area contributed by atoms with Crippen molar-refractivity contribution in [1.82, 2.24) is 0 Å². The minimum absolute atomic E-state index is 0.663. The molecular weight excluding hydrogens is 276 g/mol. The van der Waals surface area contributed by atoms with Crippen LogP contribution < -0.4 is 19.8 Å². The maximum Gasteiger partial charge on any atom is 0.121 e. The SMILES string of the molecule is CCCOc1ccc([Si]c2ccc(OCCC)cc2)cc1. The predicted octanol–water partition coefficient (Wildman–Crippen LogP) is 2.92. The highest BCUT2D eigenvalue weighted by Gasteiger charge is 2.00. The van der Waals surface area contributed by atoms with E-state index in [1.54, 1.807) is 0 Å². The van der Waals surface area contributed by atoms with E-state index in [4.69, 9.17) is 9.47 Å². The van der Waals surface area contributed by atoms with Gasteiger partial charge in [-0.2, -0.15) is 0 Å². The van der Waals surface area contributed by atoms with Crippen molar-refractivity contribution >= 4 is 19.9 Å². The van der Waals surface area contributed by atoms with Gasteiger partial charge in [-0.05, 0) is 37.1 Å². The molecule has 110 valence electrons. The zero-order chi connectivity index (χ0) is 14.9. The highest BCUT2D eigenvalue weighted by molar-refractivity contribution is 6.67. The van der Waals surface area contributed by atoms with Crippen LogP contribution in [0.15, 0.2) is 48.5 Å². The second-order valence-corrected chi connectivity index (χ2v) is 6.28. The summed E-state index contributed by atoms with van der Waals surface area (Å²) in [5.74, 6) is 1.91. The first-order valence-electron chi connectivity index (χ1n) is 7.54. The van der Waals surface area contributed by atoms with E-state index >= 15 is 0 Å². The quantitative estimate of drug-likeness (QED) is 0.698. The molecule has 0 spiro atoms. The largest absolute Gasteiger partial charge is 0.494 e. The van der Waals surface area contributed by atoms with Crippen molar-refractivity contribution in [3.63, 3.8) is 0 Å². The van der Waals surface area contributed by atoms with Crippen molar-refractivity contribution < 1.29 is 9.47 Å². The standard InChI is InChI=1S/C18H22O2Si/c1-3-13-19-15-5-9-17(10-6-15)21-18-11-7-16(8-12-18)20-14-4-2/h5-12H,3-4,13-14H2,1-2H3. The van der Waals surface area contributed by atoms with Crippen molar-refractivity contribution in [2.24, 2.45) is 0 Å². The van der Waals surface area contributed by atoms with Crippen LogP contribution in [-0.2, 0) is 0 Å². The Kier molecular flexibility index (Phi) is 6.35. The molecule has 0 bridgehead atoms. The molecule has 0 aromatic heterocycles. The molecule has 0 aliphatic carbocycles. The van der Waals surface area contributed by atoms with Gasteiger partial charge in [0.1, 0.15) is 21.0 Å². The predicted molar refractivity (Wildman–Crippen MR) is 89.5 cm³/mol. The molecule has 2 rings (SSSR count). The Morgan fingerprint density at radius 1 is 0.667 bits per heavy atom. The molecule has 0 atom stereocenters. The van der Waals surface area contributed by atoms with Crippen LogP contribution in [-0.4, -0.2) is 22.7 Å². The Labute approximate surface area is 129 Å². The average Bonchev–Trinajstić information content (AvgIpc) is 2.53. The molecule has 0 saturated carbocycles. The van der Waals surface area contributed by atoms with Gasteiger partial charge >= 0.3 is 0 Å². The van der Waals surface area contributed by atoms with Crippen molar-refractivity contribution in [2.45, 2.75) is 26.7 Å².